The van der Waals surface area contributed by atoms with Crippen molar-refractivity contribution in [1.82, 2.24) is 5.32 Å². The van der Waals surface area contributed by atoms with Gasteiger partial charge in [-0.25, -0.2) is 0 Å². The zero-order valence-electron chi connectivity index (χ0n) is 13.1. The van der Waals surface area contributed by atoms with E-state index in [4.69, 9.17) is 4.74 Å². The van der Waals surface area contributed by atoms with E-state index in [1.807, 2.05) is 0 Å². The van der Waals surface area contributed by atoms with Crippen LogP contribution in [0.2, 0.25) is 0 Å². The van der Waals surface area contributed by atoms with Gasteiger partial charge in [0.2, 0.25) is 0 Å². The highest BCUT2D eigenvalue weighted by Gasteiger charge is 2.56. The molecule has 0 amide bonds. The van der Waals surface area contributed by atoms with Crippen LogP contribution >= 0.6 is 15.9 Å². The summed E-state index contributed by atoms with van der Waals surface area (Å²) >= 11 is 3.57. The third-order valence-electron chi connectivity index (χ3n) is 5.49. The molecule has 2 nitrogen and oxygen atoms in total. The molecule has 0 aromatic heterocycles. The van der Waals surface area contributed by atoms with Crippen molar-refractivity contribution >= 4 is 15.9 Å². The van der Waals surface area contributed by atoms with Crippen LogP contribution in [0.1, 0.15) is 57.6 Å². The number of ether oxygens (including phenoxy) is 1. The normalized spacial score (nSPS) is 28.5. The predicted octanol–water partition coefficient (Wildman–Crippen LogP) is 4.84. The van der Waals surface area contributed by atoms with Gasteiger partial charge < -0.3 is 10.1 Å². The Bertz CT molecular complexity index is 484. The molecule has 0 saturated heterocycles. The first-order chi connectivity index (χ1) is 10.2. The van der Waals surface area contributed by atoms with E-state index in [0.717, 1.165) is 11.1 Å². The quantitative estimate of drug-likeness (QED) is 0.819. The minimum atomic E-state index is 0.396. The second-order valence-corrected chi connectivity index (χ2v) is 7.53. The highest BCUT2D eigenvalue weighted by Crippen LogP contribution is 2.55. The highest BCUT2D eigenvalue weighted by atomic mass is 79.9. The number of hydrogen-bond donors (Lipinski definition) is 1. The van der Waals surface area contributed by atoms with E-state index < -0.39 is 0 Å². The Labute approximate surface area is 136 Å². The van der Waals surface area contributed by atoms with Crippen molar-refractivity contribution in [1.29, 1.82) is 0 Å². The number of rotatable bonds is 5. The van der Waals surface area contributed by atoms with Gasteiger partial charge in [0.25, 0.3) is 0 Å². The molecule has 0 heterocycles. The molecule has 0 aliphatic heterocycles. The van der Waals surface area contributed by atoms with Gasteiger partial charge in [-0.3, -0.25) is 0 Å². The van der Waals surface area contributed by atoms with Crippen LogP contribution in [0.3, 0.4) is 0 Å². The van der Waals surface area contributed by atoms with Crippen molar-refractivity contribution in [3.8, 4) is 0 Å². The molecule has 2 aliphatic rings. The van der Waals surface area contributed by atoms with Gasteiger partial charge in [-0.05, 0) is 50.8 Å². The van der Waals surface area contributed by atoms with Crippen LogP contribution in [0, 0.1) is 5.41 Å². The zero-order valence-corrected chi connectivity index (χ0v) is 14.7. The molecular weight excluding hydrogens is 326 g/mol. The molecule has 3 rings (SSSR count). The lowest BCUT2D eigenvalue weighted by Gasteiger charge is -2.55. The summed E-state index contributed by atoms with van der Waals surface area (Å²) in [4.78, 5) is 0. The van der Waals surface area contributed by atoms with E-state index >= 15 is 0 Å². The first-order valence-corrected chi connectivity index (χ1v) is 9.08. The molecule has 3 atom stereocenters. The molecule has 1 N–H and O–H groups in total. The van der Waals surface area contributed by atoms with Crippen LogP contribution in [0.5, 0.6) is 0 Å². The fourth-order valence-corrected chi connectivity index (χ4v) is 4.71. The molecule has 3 heteroatoms. The first kappa shape index (κ1) is 15.5. The van der Waals surface area contributed by atoms with Gasteiger partial charge in [0, 0.05) is 28.6 Å². The summed E-state index contributed by atoms with van der Waals surface area (Å²) in [5.41, 5.74) is 1.77. The van der Waals surface area contributed by atoms with E-state index in [1.165, 1.54) is 37.7 Å². The van der Waals surface area contributed by atoms with E-state index in [9.17, 15) is 0 Å². The summed E-state index contributed by atoms with van der Waals surface area (Å²) < 4.78 is 7.16. The number of halogens is 1. The zero-order chi connectivity index (χ0) is 14.9. The topological polar surface area (TPSA) is 21.3 Å². The van der Waals surface area contributed by atoms with Crippen LogP contribution in [0.25, 0.3) is 0 Å². The summed E-state index contributed by atoms with van der Waals surface area (Å²) in [5.74, 6) is 0. The Kier molecular flexibility index (Phi) is 4.72. The van der Waals surface area contributed by atoms with Crippen LogP contribution < -0.4 is 5.32 Å². The van der Waals surface area contributed by atoms with Gasteiger partial charge in [0.15, 0.2) is 0 Å². The SMILES string of the molecule is CCOC1CC(N[C@@H](C)c2cccc(Br)c2)C12CCCC2. The van der Waals surface area contributed by atoms with Gasteiger partial charge >= 0.3 is 0 Å². The van der Waals surface area contributed by atoms with Gasteiger partial charge in [0.1, 0.15) is 0 Å². The molecule has 1 aromatic carbocycles. The summed E-state index contributed by atoms with van der Waals surface area (Å²) in [7, 11) is 0. The van der Waals surface area contributed by atoms with E-state index in [0.29, 0.717) is 23.6 Å². The van der Waals surface area contributed by atoms with Crippen LogP contribution in [0.4, 0.5) is 0 Å². The maximum atomic E-state index is 6.00. The van der Waals surface area contributed by atoms with Crippen molar-refractivity contribution in [2.45, 2.75) is 64.1 Å². The van der Waals surface area contributed by atoms with Crippen LogP contribution in [-0.2, 0) is 4.74 Å². The third kappa shape index (κ3) is 2.93. The lowest BCUT2D eigenvalue weighted by atomic mass is 9.60. The van der Waals surface area contributed by atoms with Crippen molar-refractivity contribution in [3.63, 3.8) is 0 Å². The van der Waals surface area contributed by atoms with Crippen molar-refractivity contribution in [2.75, 3.05) is 6.61 Å². The van der Waals surface area contributed by atoms with Crippen LogP contribution in [0.15, 0.2) is 28.7 Å². The second-order valence-electron chi connectivity index (χ2n) is 6.62. The standard InChI is InChI=1S/C18H26BrNO/c1-3-21-17-12-16(18(17)9-4-5-10-18)20-13(2)14-7-6-8-15(19)11-14/h6-8,11,13,16-17,20H,3-5,9-10,12H2,1-2H3/t13-,16?,17?/m0/s1. The van der Waals surface area contributed by atoms with Gasteiger partial charge in [-0.2, -0.15) is 0 Å². The second kappa shape index (κ2) is 6.39. The average molecular weight is 352 g/mol. The van der Waals surface area contributed by atoms with Gasteiger partial charge in [0.05, 0.1) is 6.10 Å². The molecule has 21 heavy (non-hydrogen) atoms. The summed E-state index contributed by atoms with van der Waals surface area (Å²) in [6, 6.07) is 9.65. The molecule has 0 bridgehead atoms. The Hall–Kier alpha value is -0.380. The lowest BCUT2D eigenvalue weighted by molar-refractivity contribution is -0.132. The Balaban J connectivity index is 1.67. The van der Waals surface area contributed by atoms with E-state index in [2.05, 4.69) is 59.4 Å². The minimum absolute atomic E-state index is 0.396. The summed E-state index contributed by atoms with van der Waals surface area (Å²) in [6.45, 7) is 5.24. The van der Waals surface area contributed by atoms with E-state index in [1.54, 1.807) is 0 Å². The molecule has 2 fully saturated rings. The maximum absolute atomic E-state index is 6.00. The van der Waals surface area contributed by atoms with E-state index in [-0.39, 0.29) is 0 Å². The Morgan fingerprint density at radius 3 is 2.81 bits per heavy atom. The predicted molar refractivity (Wildman–Crippen MR) is 90.4 cm³/mol. The monoisotopic (exact) mass is 351 g/mol. The van der Waals surface area contributed by atoms with Crippen LogP contribution in [-0.4, -0.2) is 18.8 Å². The average Bonchev–Trinajstić information content (AvgIpc) is 2.98. The number of hydrogen-bond acceptors (Lipinski definition) is 2. The third-order valence-corrected chi connectivity index (χ3v) is 5.98. The molecule has 1 aromatic rings. The highest BCUT2D eigenvalue weighted by molar-refractivity contribution is 9.10. The number of nitrogens with one attached hydrogen (secondary N) is 1. The largest absolute Gasteiger partial charge is 0.378 e. The molecule has 1 spiro atoms. The van der Waals surface area contributed by atoms with Crippen molar-refractivity contribution < 1.29 is 4.74 Å². The summed E-state index contributed by atoms with van der Waals surface area (Å²) in [6.07, 6.45) is 7.06. The fraction of sp³-hybridized carbons (Fsp3) is 0.667. The Morgan fingerprint density at radius 1 is 1.38 bits per heavy atom. The molecule has 2 unspecified atom stereocenters. The lowest BCUT2D eigenvalue weighted by Crippen LogP contribution is -2.63. The molecule has 2 aliphatic carbocycles. The molecule has 116 valence electrons. The summed E-state index contributed by atoms with van der Waals surface area (Å²) in [5, 5.41) is 3.88. The molecule has 2 saturated carbocycles. The smallest absolute Gasteiger partial charge is 0.0661 e. The van der Waals surface area contributed by atoms with Gasteiger partial charge in [-0.1, -0.05) is 40.9 Å². The van der Waals surface area contributed by atoms with Gasteiger partial charge in [-0.15, -0.1) is 0 Å². The fourth-order valence-electron chi connectivity index (χ4n) is 4.29. The molecule has 0 radical (unpaired) electrons. The van der Waals surface area contributed by atoms with Crippen molar-refractivity contribution in [2.24, 2.45) is 5.41 Å². The minimum Gasteiger partial charge on any atom is -0.378 e. The van der Waals surface area contributed by atoms with Crippen molar-refractivity contribution in [3.05, 3.63) is 34.3 Å². The number of benzene rings is 1. The first-order valence-electron chi connectivity index (χ1n) is 8.29. The molecular formula is C18H26BrNO. The Morgan fingerprint density at radius 2 is 2.14 bits per heavy atom. The maximum Gasteiger partial charge on any atom is 0.0661 e.